The van der Waals surface area contributed by atoms with Crippen molar-refractivity contribution in [2.45, 2.75) is 6.54 Å². The van der Waals surface area contributed by atoms with Gasteiger partial charge in [-0.2, -0.15) is 0 Å². The van der Waals surface area contributed by atoms with Gasteiger partial charge in [-0.25, -0.2) is 8.78 Å². The van der Waals surface area contributed by atoms with Crippen LogP contribution in [-0.4, -0.2) is 11.8 Å². The van der Waals surface area contributed by atoms with Crippen LogP contribution >= 0.6 is 0 Å². The van der Waals surface area contributed by atoms with Crippen LogP contribution in [0.5, 0.6) is 0 Å². The number of nitrogens with one attached hydrogen (secondary N) is 2. The highest BCUT2D eigenvalue weighted by atomic mass is 19.1. The molecule has 0 aliphatic heterocycles. The maximum Gasteiger partial charge on any atom is 0.255 e. The summed E-state index contributed by atoms with van der Waals surface area (Å²) in [4.78, 5) is 24.6. The summed E-state index contributed by atoms with van der Waals surface area (Å²) in [7, 11) is 0. The van der Waals surface area contributed by atoms with E-state index < -0.39 is 23.4 Å². The minimum absolute atomic E-state index is 0.0250. The first kappa shape index (κ1) is 18.3. The Kier molecular flexibility index (Phi) is 5.56. The number of anilines is 1. The average Bonchev–Trinajstić information content (AvgIpc) is 2.69. The fourth-order valence-electron chi connectivity index (χ4n) is 2.48. The third-order valence-corrected chi connectivity index (χ3v) is 3.91. The molecule has 0 saturated heterocycles. The number of carbonyl (C=O) groups excluding carboxylic acids is 2. The van der Waals surface area contributed by atoms with Crippen LogP contribution in [-0.2, 0) is 6.54 Å². The molecule has 3 aromatic carbocycles. The van der Waals surface area contributed by atoms with Gasteiger partial charge in [-0.3, -0.25) is 9.59 Å². The van der Waals surface area contributed by atoms with Crippen LogP contribution in [0.15, 0.2) is 72.8 Å². The summed E-state index contributed by atoms with van der Waals surface area (Å²) >= 11 is 0. The molecular formula is C21H16F2N2O2. The molecule has 0 bridgehead atoms. The summed E-state index contributed by atoms with van der Waals surface area (Å²) in [6.07, 6.45) is 0. The van der Waals surface area contributed by atoms with Crippen LogP contribution in [0.2, 0.25) is 0 Å². The van der Waals surface area contributed by atoms with Crippen molar-refractivity contribution in [3.05, 3.63) is 101 Å². The molecule has 0 saturated carbocycles. The molecular weight excluding hydrogens is 350 g/mol. The van der Waals surface area contributed by atoms with Crippen molar-refractivity contribution in [1.29, 1.82) is 0 Å². The van der Waals surface area contributed by atoms with Gasteiger partial charge in [0, 0.05) is 23.2 Å². The second-order valence-electron chi connectivity index (χ2n) is 5.79. The highest BCUT2D eigenvalue weighted by Gasteiger charge is 2.12. The first-order valence-corrected chi connectivity index (χ1v) is 8.22. The van der Waals surface area contributed by atoms with Crippen LogP contribution in [0.4, 0.5) is 14.5 Å². The van der Waals surface area contributed by atoms with Crippen molar-refractivity contribution in [2.24, 2.45) is 0 Å². The lowest BCUT2D eigenvalue weighted by atomic mass is 10.1. The van der Waals surface area contributed by atoms with Crippen molar-refractivity contribution in [1.82, 2.24) is 5.32 Å². The van der Waals surface area contributed by atoms with E-state index in [9.17, 15) is 18.4 Å². The van der Waals surface area contributed by atoms with Gasteiger partial charge in [0.15, 0.2) is 0 Å². The fourth-order valence-corrected chi connectivity index (χ4v) is 2.48. The quantitative estimate of drug-likeness (QED) is 0.713. The molecule has 0 atom stereocenters. The number of rotatable bonds is 5. The molecule has 0 heterocycles. The number of para-hydroxylation sites is 1. The maximum absolute atomic E-state index is 13.7. The number of benzene rings is 3. The van der Waals surface area contributed by atoms with Crippen LogP contribution in [0.1, 0.15) is 26.3 Å². The summed E-state index contributed by atoms with van der Waals surface area (Å²) < 4.78 is 27.3. The van der Waals surface area contributed by atoms with Gasteiger partial charge in [-0.05, 0) is 36.4 Å². The molecule has 3 aromatic rings. The minimum Gasteiger partial charge on any atom is -0.348 e. The van der Waals surface area contributed by atoms with E-state index in [-0.39, 0.29) is 23.4 Å². The van der Waals surface area contributed by atoms with E-state index in [4.69, 9.17) is 0 Å². The summed E-state index contributed by atoms with van der Waals surface area (Å²) in [5, 5.41) is 5.07. The Bertz CT molecular complexity index is 989. The highest BCUT2D eigenvalue weighted by molar-refractivity contribution is 6.06. The topological polar surface area (TPSA) is 58.2 Å². The molecule has 0 spiro atoms. The van der Waals surface area contributed by atoms with Crippen LogP contribution < -0.4 is 10.6 Å². The van der Waals surface area contributed by atoms with Crippen molar-refractivity contribution in [3.63, 3.8) is 0 Å². The van der Waals surface area contributed by atoms with Crippen LogP contribution in [0.3, 0.4) is 0 Å². The van der Waals surface area contributed by atoms with E-state index in [0.717, 1.165) is 0 Å². The van der Waals surface area contributed by atoms with Gasteiger partial charge < -0.3 is 10.6 Å². The van der Waals surface area contributed by atoms with Crippen molar-refractivity contribution < 1.29 is 18.4 Å². The zero-order valence-electron chi connectivity index (χ0n) is 14.2. The van der Waals surface area contributed by atoms with Gasteiger partial charge in [0.1, 0.15) is 11.6 Å². The Balaban J connectivity index is 1.69. The van der Waals surface area contributed by atoms with Crippen molar-refractivity contribution in [2.75, 3.05) is 5.32 Å². The molecule has 27 heavy (non-hydrogen) atoms. The SMILES string of the molecule is O=C(NCc1ccccc1F)c1cccc(C(=O)Nc2ccccc2F)c1. The standard InChI is InChI=1S/C21H16F2N2O2/c22-17-9-2-1-6-16(17)13-24-20(26)14-7-5-8-15(12-14)21(27)25-19-11-4-3-10-18(19)23/h1-12H,13H2,(H,24,26)(H,25,27). The molecule has 0 unspecified atom stereocenters. The van der Waals surface area contributed by atoms with Gasteiger partial charge >= 0.3 is 0 Å². The Hall–Kier alpha value is -3.54. The molecule has 4 nitrogen and oxygen atoms in total. The molecule has 3 rings (SSSR count). The number of carbonyl (C=O) groups is 2. The molecule has 2 amide bonds. The fraction of sp³-hybridized carbons (Fsp3) is 0.0476. The van der Waals surface area contributed by atoms with E-state index in [1.807, 2.05) is 0 Å². The molecule has 0 fully saturated rings. The van der Waals surface area contributed by atoms with Gasteiger partial charge in [0.25, 0.3) is 11.8 Å². The first-order chi connectivity index (χ1) is 13.0. The van der Waals surface area contributed by atoms with Crippen LogP contribution in [0, 0.1) is 11.6 Å². The second kappa shape index (κ2) is 8.23. The third-order valence-electron chi connectivity index (χ3n) is 3.91. The Morgan fingerprint density at radius 3 is 2.07 bits per heavy atom. The predicted molar refractivity (Wildman–Crippen MR) is 98.4 cm³/mol. The second-order valence-corrected chi connectivity index (χ2v) is 5.79. The van der Waals surface area contributed by atoms with E-state index in [2.05, 4.69) is 10.6 Å². The predicted octanol–water partition coefficient (Wildman–Crippen LogP) is 4.15. The number of hydrogen-bond acceptors (Lipinski definition) is 2. The smallest absolute Gasteiger partial charge is 0.255 e. The lowest BCUT2D eigenvalue weighted by Crippen LogP contribution is -2.24. The number of amides is 2. The maximum atomic E-state index is 13.7. The lowest BCUT2D eigenvalue weighted by molar-refractivity contribution is 0.0950. The lowest BCUT2D eigenvalue weighted by Gasteiger charge is -2.09. The largest absolute Gasteiger partial charge is 0.348 e. The monoisotopic (exact) mass is 366 g/mol. The van der Waals surface area contributed by atoms with Gasteiger partial charge in [0.2, 0.25) is 0 Å². The first-order valence-electron chi connectivity index (χ1n) is 8.22. The average molecular weight is 366 g/mol. The molecule has 0 aromatic heterocycles. The Labute approximate surface area is 154 Å². The summed E-state index contributed by atoms with van der Waals surface area (Å²) in [5.74, 6) is -1.94. The van der Waals surface area contributed by atoms with Crippen LogP contribution in [0.25, 0.3) is 0 Å². The molecule has 0 aliphatic rings. The normalized spacial score (nSPS) is 10.3. The highest BCUT2D eigenvalue weighted by Crippen LogP contribution is 2.15. The van der Waals surface area contributed by atoms with Gasteiger partial charge in [-0.1, -0.05) is 36.4 Å². The zero-order valence-corrected chi connectivity index (χ0v) is 14.2. The Morgan fingerprint density at radius 2 is 1.37 bits per heavy atom. The molecule has 0 aliphatic carbocycles. The third kappa shape index (κ3) is 4.55. The molecule has 0 radical (unpaired) electrons. The van der Waals surface area contributed by atoms with E-state index in [1.165, 1.54) is 42.5 Å². The van der Waals surface area contributed by atoms with Crippen molar-refractivity contribution >= 4 is 17.5 Å². The van der Waals surface area contributed by atoms with E-state index in [0.29, 0.717) is 5.56 Å². The Morgan fingerprint density at radius 1 is 0.741 bits per heavy atom. The summed E-state index contributed by atoms with van der Waals surface area (Å²) in [6.45, 7) is 0.0250. The zero-order chi connectivity index (χ0) is 19.2. The molecule has 2 N–H and O–H groups in total. The number of hydrogen-bond donors (Lipinski definition) is 2. The van der Waals surface area contributed by atoms with E-state index in [1.54, 1.807) is 30.3 Å². The van der Waals surface area contributed by atoms with Gasteiger partial charge in [0.05, 0.1) is 5.69 Å². The molecule has 136 valence electrons. The molecule has 6 heteroatoms. The summed E-state index contributed by atoms with van der Waals surface area (Å²) in [5.41, 5.74) is 0.862. The number of halogens is 2. The van der Waals surface area contributed by atoms with E-state index >= 15 is 0 Å². The van der Waals surface area contributed by atoms with Crippen molar-refractivity contribution in [3.8, 4) is 0 Å². The van der Waals surface area contributed by atoms with Gasteiger partial charge in [-0.15, -0.1) is 0 Å². The summed E-state index contributed by atoms with van der Waals surface area (Å²) in [6, 6.07) is 17.9. The minimum atomic E-state index is -0.551.